The largest absolute Gasteiger partial charge is 0.464 e. The summed E-state index contributed by atoms with van der Waals surface area (Å²) >= 11 is 0. The van der Waals surface area contributed by atoms with Gasteiger partial charge in [0.05, 0.1) is 12.7 Å². The van der Waals surface area contributed by atoms with Crippen LogP contribution in [-0.4, -0.2) is 29.8 Å². The van der Waals surface area contributed by atoms with Gasteiger partial charge in [0.25, 0.3) is 0 Å². The van der Waals surface area contributed by atoms with Gasteiger partial charge in [-0.15, -0.1) is 0 Å². The SMILES string of the molecule is CCOC(=O)[C@]1(NC(=O)OC(C)(C)C)CC[C@H](C#N)C1. The average molecular weight is 282 g/mol. The summed E-state index contributed by atoms with van der Waals surface area (Å²) in [5.74, 6) is -0.752. The normalized spacial score (nSPS) is 25.6. The topological polar surface area (TPSA) is 88.4 Å². The fourth-order valence-electron chi connectivity index (χ4n) is 2.27. The molecule has 0 aromatic heterocycles. The van der Waals surface area contributed by atoms with Crippen molar-refractivity contribution in [1.29, 1.82) is 5.26 Å². The van der Waals surface area contributed by atoms with E-state index in [9.17, 15) is 9.59 Å². The number of nitrogens with zero attached hydrogens (tertiary/aromatic N) is 1. The van der Waals surface area contributed by atoms with Crippen LogP contribution < -0.4 is 5.32 Å². The Morgan fingerprint density at radius 2 is 2.10 bits per heavy atom. The maximum atomic E-state index is 12.1. The van der Waals surface area contributed by atoms with Crippen LogP contribution in [0.1, 0.15) is 47.0 Å². The summed E-state index contributed by atoms with van der Waals surface area (Å²) in [6.07, 6.45) is 0.555. The van der Waals surface area contributed by atoms with Crippen molar-refractivity contribution in [2.45, 2.75) is 58.1 Å². The fraction of sp³-hybridized carbons (Fsp3) is 0.786. The quantitative estimate of drug-likeness (QED) is 0.801. The molecule has 2 atom stereocenters. The highest BCUT2D eigenvalue weighted by molar-refractivity contribution is 5.86. The molecule has 1 aliphatic rings. The third kappa shape index (κ3) is 4.12. The van der Waals surface area contributed by atoms with Crippen molar-refractivity contribution in [2.24, 2.45) is 5.92 Å². The lowest BCUT2D eigenvalue weighted by molar-refractivity contribution is -0.151. The number of hydrogen-bond donors (Lipinski definition) is 1. The van der Waals surface area contributed by atoms with Crippen molar-refractivity contribution in [1.82, 2.24) is 5.32 Å². The summed E-state index contributed by atoms with van der Waals surface area (Å²) in [6, 6.07) is 2.14. The first-order valence-corrected chi connectivity index (χ1v) is 6.80. The molecule has 0 spiro atoms. The average Bonchev–Trinajstić information content (AvgIpc) is 2.71. The first-order valence-electron chi connectivity index (χ1n) is 6.80. The Balaban J connectivity index is 2.83. The lowest BCUT2D eigenvalue weighted by Gasteiger charge is -2.29. The summed E-state index contributed by atoms with van der Waals surface area (Å²) in [5.41, 5.74) is -1.79. The molecule has 0 unspecified atom stereocenters. The fourth-order valence-corrected chi connectivity index (χ4v) is 2.27. The van der Waals surface area contributed by atoms with E-state index in [0.717, 1.165) is 0 Å². The van der Waals surface area contributed by atoms with Crippen LogP contribution in [0, 0.1) is 17.2 Å². The van der Waals surface area contributed by atoms with Gasteiger partial charge in [-0.3, -0.25) is 0 Å². The smallest absolute Gasteiger partial charge is 0.408 e. The van der Waals surface area contributed by atoms with Gasteiger partial charge >= 0.3 is 12.1 Å². The van der Waals surface area contributed by atoms with Crippen molar-refractivity contribution in [3.63, 3.8) is 0 Å². The predicted molar refractivity (Wildman–Crippen MR) is 71.7 cm³/mol. The van der Waals surface area contributed by atoms with E-state index < -0.39 is 23.2 Å². The number of carbonyl (C=O) groups is 2. The van der Waals surface area contributed by atoms with Gasteiger partial charge < -0.3 is 14.8 Å². The van der Waals surface area contributed by atoms with Crippen LogP contribution in [0.4, 0.5) is 4.79 Å². The molecule has 112 valence electrons. The van der Waals surface area contributed by atoms with E-state index in [-0.39, 0.29) is 18.9 Å². The molecular weight excluding hydrogens is 260 g/mol. The minimum absolute atomic E-state index is 0.230. The number of rotatable bonds is 3. The summed E-state index contributed by atoms with van der Waals surface area (Å²) in [6.45, 7) is 7.17. The third-order valence-corrected chi connectivity index (χ3v) is 3.10. The van der Waals surface area contributed by atoms with E-state index in [0.29, 0.717) is 12.8 Å². The zero-order chi connectivity index (χ0) is 15.4. The predicted octanol–water partition coefficient (Wildman–Crippen LogP) is 2.14. The second-order valence-electron chi connectivity index (χ2n) is 6.00. The molecule has 0 bridgehead atoms. The third-order valence-electron chi connectivity index (χ3n) is 3.10. The molecule has 1 saturated carbocycles. The Bertz CT molecular complexity index is 422. The van der Waals surface area contributed by atoms with E-state index in [1.807, 2.05) is 0 Å². The van der Waals surface area contributed by atoms with Crippen molar-refractivity contribution in [2.75, 3.05) is 6.61 Å². The second-order valence-corrected chi connectivity index (χ2v) is 6.00. The molecule has 1 fully saturated rings. The van der Waals surface area contributed by atoms with E-state index in [4.69, 9.17) is 14.7 Å². The summed E-state index contributed by atoms with van der Waals surface area (Å²) in [4.78, 5) is 24.0. The Kier molecular flexibility index (Phi) is 4.98. The van der Waals surface area contributed by atoms with Crippen LogP contribution in [0.25, 0.3) is 0 Å². The van der Waals surface area contributed by atoms with Crippen molar-refractivity contribution < 1.29 is 19.1 Å². The molecule has 0 aliphatic heterocycles. The number of alkyl carbamates (subject to hydrolysis) is 1. The zero-order valence-electron chi connectivity index (χ0n) is 12.5. The standard InChI is InChI=1S/C14H22N2O4/c1-5-19-11(17)14(7-6-10(8-14)9-15)16-12(18)20-13(2,3)4/h10H,5-8H2,1-4H3,(H,16,18)/t10-,14-/m0/s1. The van der Waals surface area contributed by atoms with Crippen LogP contribution in [0.15, 0.2) is 0 Å². The van der Waals surface area contributed by atoms with Crippen LogP contribution in [0.3, 0.4) is 0 Å². The molecule has 0 aromatic rings. The van der Waals surface area contributed by atoms with Gasteiger partial charge in [-0.2, -0.15) is 5.26 Å². The van der Waals surface area contributed by atoms with E-state index >= 15 is 0 Å². The van der Waals surface area contributed by atoms with Gasteiger partial charge in [-0.25, -0.2) is 9.59 Å². The van der Waals surface area contributed by atoms with E-state index in [1.165, 1.54) is 0 Å². The lowest BCUT2D eigenvalue weighted by atomic mass is 9.96. The van der Waals surface area contributed by atoms with E-state index in [2.05, 4.69) is 11.4 Å². The van der Waals surface area contributed by atoms with Crippen molar-refractivity contribution >= 4 is 12.1 Å². The van der Waals surface area contributed by atoms with Gasteiger partial charge in [-0.1, -0.05) is 0 Å². The Morgan fingerprint density at radius 3 is 2.55 bits per heavy atom. The summed E-state index contributed by atoms with van der Waals surface area (Å²) < 4.78 is 10.2. The molecule has 0 radical (unpaired) electrons. The molecule has 1 N–H and O–H groups in total. The highest BCUT2D eigenvalue weighted by Gasteiger charge is 2.48. The maximum Gasteiger partial charge on any atom is 0.408 e. The van der Waals surface area contributed by atoms with Crippen LogP contribution in [0.5, 0.6) is 0 Å². The molecule has 1 aliphatic carbocycles. The summed E-state index contributed by atoms with van der Waals surface area (Å²) in [7, 11) is 0. The van der Waals surface area contributed by atoms with Crippen LogP contribution >= 0.6 is 0 Å². The Hall–Kier alpha value is -1.77. The zero-order valence-corrected chi connectivity index (χ0v) is 12.5. The van der Waals surface area contributed by atoms with Crippen LogP contribution in [-0.2, 0) is 14.3 Å². The molecule has 20 heavy (non-hydrogen) atoms. The maximum absolute atomic E-state index is 12.1. The molecule has 1 rings (SSSR count). The highest BCUT2D eigenvalue weighted by Crippen LogP contribution is 2.35. The van der Waals surface area contributed by atoms with Gasteiger partial charge in [0, 0.05) is 5.92 Å². The van der Waals surface area contributed by atoms with Gasteiger partial charge in [-0.05, 0) is 47.0 Å². The molecule has 0 aromatic carbocycles. The number of esters is 1. The Labute approximate surface area is 119 Å². The summed E-state index contributed by atoms with van der Waals surface area (Å²) in [5, 5.41) is 11.6. The number of hydrogen-bond acceptors (Lipinski definition) is 5. The molecular formula is C14H22N2O4. The minimum atomic E-state index is -1.14. The number of amides is 1. The first kappa shape index (κ1) is 16.3. The van der Waals surface area contributed by atoms with Crippen molar-refractivity contribution in [3.05, 3.63) is 0 Å². The number of carbonyl (C=O) groups excluding carboxylic acids is 2. The minimum Gasteiger partial charge on any atom is -0.464 e. The van der Waals surface area contributed by atoms with Crippen LogP contribution in [0.2, 0.25) is 0 Å². The number of ether oxygens (including phenoxy) is 2. The molecule has 1 amide bonds. The first-order chi connectivity index (χ1) is 9.22. The second kappa shape index (κ2) is 6.12. The Morgan fingerprint density at radius 1 is 1.45 bits per heavy atom. The van der Waals surface area contributed by atoms with Gasteiger partial charge in [0.15, 0.2) is 0 Å². The van der Waals surface area contributed by atoms with Gasteiger partial charge in [0.1, 0.15) is 11.1 Å². The molecule has 6 nitrogen and oxygen atoms in total. The van der Waals surface area contributed by atoms with Crippen molar-refractivity contribution in [3.8, 4) is 6.07 Å². The molecule has 0 heterocycles. The number of nitrogens with one attached hydrogen (secondary N) is 1. The van der Waals surface area contributed by atoms with Gasteiger partial charge in [0.2, 0.25) is 0 Å². The molecule has 0 saturated heterocycles. The van der Waals surface area contributed by atoms with E-state index in [1.54, 1.807) is 27.7 Å². The number of nitriles is 1. The monoisotopic (exact) mass is 282 g/mol. The highest BCUT2D eigenvalue weighted by atomic mass is 16.6. The lowest BCUT2D eigenvalue weighted by Crippen LogP contribution is -2.54. The molecule has 6 heteroatoms.